The van der Waals surface area contributed by atoms with Gasteiger partial charge in [-0.05, 0) is 24.1 Å². The Kier molecular flexibility index (Phi) is 4.90. The lowest BCUT2D eigenvalue weighted by atomic mass is 9.75. The van der Waals surface area contributed by atoms with Gasteiger partial charge in [0, 0.05) is 42.8 Å². The molecule has 5 nitrogen and oxygen atoms in total. The summed E-state index contributed by atoms with van der Waals surface area (Å²) < 4.78 is 7.11. The van der Waals surface area contributed by atoms with E-state index < -0.39 is 0 Å². The van der Waals surface area contributed by atoms with Crippen LogP contribution in [0.25, 0.3) is 5.69 Å². The van der Waals surface area contributed by atoms with Gasteiger partial charge in [-0.1, -0.05) is 43.3 Å². The summed E-state index contributed by atoms with van der Waals surface area (Å²) >= 11 is 0. The normalized spacial score (nSPS) is 19.6. The zero-order valence-corrected chi connectivity index (χ0v) is 16.3. The molecule has 5 heteroatoms. The van der Waals surface area contributed by atoms with E-state index in [0.29, 0.717) is 13.0 Å². The van der Waals surface area contributed by atoms with Crippen LogP contribution < -0.4 is 4.74 Å². The quantitative estimate of drug-likeness (QED) is 0.678. The van der Waals surface area contributed by atoms with Crippen molar-refractivity contribution in [1.82, 2.24) is 14.7 Å². The minimum absolute atomic E-state index is 0.0159. The highest BCUT2D eigenvalue weighted by molar-refractivity contribution is 5.77. The molecule has 1 amide bonds. The van der Waals surface area contributed by atoms with Crippen LogP contribution in [0.3, 0.4) is 0 Å². The van der Waals surface area contributed by atoms with E-state index in [9.17, 15) is 4.79 Å². The fourth-order valence-electron chi connectivity index (χ4n) is 3.91. The van der Waals surface area contributed by atoms with E-state index in [-0.39, 0.29) is 11.3 Å². The Bertz CT molecular complexity index is 967. The van der Waals surface area contributed by atoms with E-state index >= 15 is 0 Å². The van der Waals surface area contributed by atoms with Crippen LogP contribution in [0, 0.1) is 0 Å². The standard InChI is InChI=1S/C23H25N3O2/c1-23(19-7-4-3-5-8-19)12-11-22(27)25(17-23)15-18-14-24-26(16-18)20-9-6-10-21(13-20)28-2/h3-10,13-14,16H,11-12,15,17H2,1-2H3/t23-/m1/s1. The Morgan fingerprint density at radius 3 is 2.75 bits per heavy atom. The third-order valence-electron chi connectivity index (χ3n) is 5.58. The highest BCUT2D eigenvalue weighted by atomic mass is 16.5. The van der Waals surface area contributed by atoms with Gasteiger partial charge in [0.15, 0.2) is 0 Å². The van der Waals surface area contributed by atoms with Crippen molar-refractivity contribution in [1.29, 1.82) is 0 Å². The monoisotopic (exact) mass is 375 g/mol. The number of carbonyl (C=O) groups is 1. The summed E-state index contributed by atoms with van der Waals surface area (Å²) in [6.45, 7) is 3.55. The number of nitrogens with zero attached hydrogens (tertiary/aromatic N) is 3. The summed E-state index contributed by atoms with van der Waals surface area (Å²) in [7, 11) is 1.65. The van der Waals surface area contributed by atoms with Crippen LogP contribution in [0.1, 0.15) is 30.9 Å². The summed E-state index contributed by atoms with van der Waals surface area (Å²) in [6, 6.07) is 18.3. The predicted octanol–water partition coefficient (Wildman–Crippen LogP) is 3.96. The number of rotatable bonds is 5. The Hall–Kier alpha value is -3.08. The number of hydrogen-bond acceptors (Lipinski definition) is 3. The number of likely N-dealkylation sites (tertiary alicyclic amines) is 1. The van der Waals surface area contributed by atoms with Crippen molar-refractivity contribution in [3.63, 3.8) is 0 Å². The van der Waals surface area contributed by atoms with Gasteiger partial charge in [0.2, 0.25) is 5.91 Å². The average Bonchev–Trinajstić information content (AvgIpc) is 3.20. The summed E-state index contributed by atoms with van der Waals surface area (Å²) in [5.74, 6) is 1.00. The Balaban J connectivity index is 1.52. The number of carbonyl (C=O) groups excluding carboxylic acids is 1. The van der Waals surface area contributed by atoms with Gasteiger partial charge in [-0.25, -0.2) is 4.68 Å². The first-order valence-electron chi connectivity index (χ1n) is 9.59. The van der Waals surface area contributed by atoms with Crippen LogP contribution in [0.2, 0.25) is 0 Å². The van der Waals surface area contributed by atoms with Crippen LogP contribution in [-0.2, 0) is 16.8 Å². The van der Waals surface area contributed by atoms with Gasteiger partial charge in [0.05, 0.1) is 19.0 Å². The number of aromatic nitrogens is 2. The summed E-state index contributed by atoms with van der Waals surface area (Å²) in [5.41, 5.74) is 3.23. The van der Waals surface area contributed by atoms with E-state index in [2.05, 4.69) is 36.3 Å². The number of amides is 1. The zero-order valence-electron chi connectivity index (χ0n) is 16.3. The summed E-state index contributed by atoms with van der Waals surface area (Å²) in [5, 5.41) is 4.47. The van der Waals surface area contributed by atoms with Crippen LogP contribution in [0.5, 0.6) is 5.75 Å². The first-order valence-corrected chi connectivity index (χ1v) is 9.59. The molecule has 1 atom stereocenters. The molecule has 1 aromatic heterocycles. The highest BCUT2D eigenvalue weighted by Crippen LogP contribution is 2.34. The van der Waals surface area contributed by atoms with Gasteiger partial charge in [-0.2, -0.15) is 5.10 Å². The molecular weight excluding hydrogens is 350 g/mol. The second-order valence-electron chi connectivity index (χ2n) is 7.67. The minimum Gasteiger partial charge on any atom is -0.497 e. The number of piperidine rings is 1. The number of methoxy groups -OCH3 is 1. The van der Waals surface area contributed by atoms with E-state index in [4.69, 9.17) is 4.74 Å². The van der Waals surface area contributed by atoms with Crippen LogP contribution in [0.4, 0.5) is 0 Å². The van der Waals surface area contributed by atoms with Gasteiger partial charge < -0.3 is 9.64 Å². The van der Waals surface area contributed by atoms with Crippen molar-refractivity contribution in [3.8, 4) is 11.4 Å². The molecule has 0 N–H and O–H groups in total. The molecule has 0 saturated carbocycles. The Labute approximate surface area is 165 Å². The molecule has 0 radical (unpaired) electrons. The molecule has 28 heavy (non-hydrogen) atoms. The lowest BCUT2D eigenvalue weighted by Gasteiger charge is -2.40. The van der Waals surface area contributed by atoms with Gasteiger partial charge in [0.25, 0.3) is 0 Å². The third-order valence-corrected chi connectivity index (χ3v) is 5.58. The molecule has 0 aliphatic carbocycles. The summed E-state index contributed by atoms with van der Waals surface area (Å²) in [4.78, 5) is 14.5. The molecule has 0 bridgehead atoms. The van der Waals surface area contributed by atoms with Crippen molar-refractivity contribution in [3.05, 3.63) is 78.1 Å². The topological polar surface area (TPSA) is 47.4 Å². The van der Waals surface area contributed by atoms with E-state index in [1.807, 2.05) is 52.3 Å². The molecule has 2 heterocycles. The largest absolute Gasteiger partial charge is 0.497 e. The predicted molar refractivity (Wildman–Crippen MR) is 109 cm³/mol. The second kappa shape index (κ2) is 7.50. The molecule has 0 unspecified atom stereocenters. The SMILES string of the molecule is COc1cccc(-n2cc(CN3C[C@](C)(c4ccccc4)CCC3=O)cn2)c1. The summed E-state index contributed by atoms with van der Waals surface area (Å²) in [6.07, 6.45) is 5.28. The van der Waals surface area contributed by atoms with Crippen molar-refractivity contribution >= 4 is 5.91 Å². The zero-order chi connectivity index (χ0) is 19.6. The van der Waals surface area contributed by atoms with Gasteiger partial charge >= 0.3 is 0 Å². The molecule has 1 aliphatic rings. The van der Waals surface area contributed by atoms with Gasteiger partial charge in [0.1, 0.15) is 5.75 Å². The molecule has 2 aromatic carbocycles. The molecule has 0 spiro atoms. The van der Waals surface area contributed by atoms with E-state index in [1.54, 1.807) is 7.11 Å². The second-order valence-corrected chi connectivity index (χ2v) is 7.67. The van der Waals surface area contributed by atoms with Crippen LogP contribution >= 0.6 is 0 Å². The Morgan fingerprint density at radius 1 is 1.14 bits per heavy atom. The fourth-order valence-corrected chi connectivity index (χ4v) is 3.91. The molecule has 3 aromatic rings. The lowest BCUT2D eigenvalue weighted by molar-refractivity contribution is -0.136. The van der Waals surface area contributed by atoms with E-state index in [1.165, 1.54) is 5.56 Å². The van der Waals surface area contributed by atoms with Crippen molar-refractivity contribution in [2.45, 2.75) is 31.7 Å². The van der Waals surface area contributed by atoms with Crippen molar-refractivity contribution < 1.29 is 9.53 Å². The van der Waals surface area contributed by atoms with Gasteiger partial charge in [-0.3, -0.25) is 4.79 Å². The van der Waals surface area contributed by atoms with Crippen LogP contribution in [0.15, 0.2) is 67.0 Å². The first kappa shape index (κ1) is 18.3. The molecule has 1 fully saturated rings. The van der Waals surface area contributed by atoms with Crippen molar-refractivity contribution in [2.75, 3.05) is 13.7 Å². The smallest absolute Gasteiger partial charge is 0.222 e. The maximum atomic E-state index is 12.6. The maximum absolute atomic E-state index is 12.6. The highest BCUT2D eigenvalue weighted by Gasteiger charge is 2.36. The molecule has 1 saturated heterocycles. The number of ether oxygens (including phenoxy) is 1. The maximum Gasteiger partial charge on any atom is 0.222 e. The molecule has 1 aliphatic heterocycles. The minimum atomic E-state index is -0.0159. The number of hydrogen-bond donors (Lipinski definition) is 0. The fraction of sp³-hybridized carbons (Fsp3) is 0.304. The third kappa shape index (κ3) is 3.65. The van der Waals surface area contributed by atoms with Crippen LogP contribution in [-0.4, -0.2) is 34.2 Å². The first-order chi connectivity index (χ1) is 13.6. The molecule has 144 valence electrons. The molecular formula is C23H25N3O2. The Morgan fingerprint density at radius 2 is 1.96 bits per heavy atom. The van der Waals surface area contributed by atoms with E-state index in [0.717, 1.165) is 30.0 Å². The molecule has 4 rings (SSSR count). The van der Waals surface area contributed by atoms with Crippen molar-refractivity contribution in [2.24, 2.45) is 0 Å². The number of benzene rings is 2. The average molecular weight is 375 g/mol. The van der Waals surface area contributed by atoms with Gasteiger partial charge in [-0.15, -0.1) is 0 Å². The lowest BCUT2D eigenvalue weighted by Crippen LogP contribution is -2.46.